The van der Waals surface area contributed by atoms with Crippen molar-refractivity contribution in [1.82, 2.24) is 0 Å². The SMILES string of the molecule is c1ccc(-c2c3ccccc3c(-c3cccc4ccccc34)c3cccc(-c4cccc5ccccc45)c23)c(-c2ccc3ccccc3c2)c1. The minimum atomic E-state index is 1.22. The van der Waals surface area contributed by atoms with Crippen LogP contribution in [0.4, 0.5) is 0 Å². The Bertz CT molecular complexity index is 2920. The van der Waals surface area contributed by atoms with Gasteiger partial charge in [-0.05, 0) is 104 Å². The zero-order valence-corrected chi connectivity index (χ0v) is 27.5. The molecule has 0 unspecified atom stereocenters. The molecule has 0 saturated carbocycles. The summed E-state index contributed by atoms with van der Waals surface area (Å²) in [6.45, 7) is 0. The van der Waals surface area contributed by atoms with Gasteiger partial charge in [-0.15, -0.1) is 0 Å². The number of hydrogen-bond acceptors (Lipinski definition) is 0. The summed E-state index contributed by atoms with van der Waals surface area (Å²) in [5, 5.41) is 12.6. The minimum Gasteiger partial charge on any atom is -0.0616 e. The van der Waals surface area contributed by atoms with E-state index in [4.69, 9.17) is 0 Å². The molecule has 0 heterocycles. The van der Waals surface area contributed by atoms with E-state index in [1.165, 1.54) is 98.4 Å². The fourth-order valence-electron chi connectivity index (χ4n) is 8.24. The third-order valence-electron chi connectivity index (χ3n) is 10.4. The van der Waals surface area contributed by atoms with Crippen molar-refractivity contribution in [2.45, 2.75) is 0 Å². The van der Waals surface area contributed by atoms with Crippen LogP contribution >= 0.6 is 0 Å². The topological polar surface area (TPSA) is 0 Å². The molecule has 0 heteroatoms. The summed E-state index contributed by atoms with van der Waals surface area (Å²) < 4.78 is 0. The van der Waals surface area contributed by atoms with Crippen molar-refractivity contribution < 1.29 is 0 Å². The second kappa shape index (κ2) is 11.6. The lowest BCUT2D eigenvalue weighted by molar-refractivity contribution is 1.62. The summed E-state index contributed by atoms with van der Waals surface area (Å²) in [7, 11) is 0. The van der Waals surface area contributed by atoms with Gasteiger partial charge in [0, 0.05) is 0 Å². The van der Waals surface area contributed by atoms with Gasteiger partial charge in [-0.3, -0.25) is 0 Å². The van der Waals surface area contributed by atoms with E-state index in [-0.39, 0.29) is 0 Å². The van der Waals surface area contributed by atoms with Crippen LogP contribution in [0.15, 0.2) is 194 Å². The van der Waals surface area contributed by atoms with Crippen LogP contribution in [0.2, 0.25) is 0 Å². The fourth-order valence-corrected chi connectivity index (χ4v) is 8.24. The molecule has 0 amide bonds. The zero-order chi connectivity index (χ0) is 33.0. The molecule has 10 aromatic rings. The summed E-state index contributed by atoms with van der Waals surface area (Å²) in [6.07, 6.45) is 0. The molecule has 10 rings (SSSR count). The molecule has 0 atom stereocenters. The molecule has 50 heavy (non-hydrogen) atoms. The lowest BCUT2D eigenvalue weighted by Gasteiger charge is -2.23. The maximum Gasteiger partial charge on any atom is -0.00137 e. The van der Waals surface area contributed by atoms with Gasteiger partial charge in [-0.1, -0.05) is 188 Å². The van der Waals surface area contributed by atoms with E-state index in [0.29, 0.717) is 0 Å². The molecule has 0 radical (unpaired) electrons. The molecule has 0 aliphatic rings. The van der Waals surface area contributed by atoms with Crippen LogP contribution in [-0.2, 0) is 0 Å². The van der Waals surface area contributed by atoms with Crippen molar-refractivity contribution >= 4 is 53.9 Å². The minimum absolute atomic E-state index is 1.22. The fraction of sp³-hybridized carbons (Fsp3) is 0. The predicted octanol–water partition coefficient (Wildman–Crippen LogP) is 14.1. The normalized spacial score (nSPS) is 11.6. The van der Waals surface area contributed by atoms with Crippen LogP contribution < -0.4 is 0 Å². The van der Waals surface area contributed by atoms with Crippen molar-refractivity contribution in [3.8, 4) is 44.5 Å². The van der Waals surface area contributed by atoms with E-state index in [2.05, 4.69) is 194 Å². The van der Waals surface area contributed by atoms with Gasteiger partial charge in [0.2, 0.25) is 0 Å². The van der Waals surface area contributed by atoms with Crippen molar-refractivity contribution in [2.75, 3.05) is 0 Å². The summed E-state index contributed by atoms with van der Waals surface area (Å²) in [6, 6.07) is 71.4. The highest BCUT2D eigenvalue weighted by Crippen LogP contribution is 2.50. The van der Waals surface area contributed by atoms with Gasteiger partial charge in [-0.2, -0.15) is 0 Å². The summed E-state index contributed by atoms with van der Waals surface area (Å²) in [4.78, 5) is 0. The smallest absolute Gasteiger partial charge is 0.00137 e. The molecule has 0 spiro atoms. The largest absolute Gasteiger partial charge is 0.0616 e. The second-order valence-corrected chi connectivity index (χ2v) is 13.2. The average Bonchev–Trinajstić information content (AvgIpc) is 3.19. The monoisotopic (exact) mass is 632 g/mol. The average molecular weight is 633 g/mol. The first-order chi connectivity index (χ1) is 24.8. The van der Waals surface area contributed by atoms with Gasteiger partial charge < -0.3 is 0 Å². The first kappa shape index (κ1) is 28.5. The molecule has 0 nitrogen and oxygen atoms in total. The number of rotatable bonds is 4. The highest BCUT2D eigenvalue weighted by atomic mass is 14.3. The highest BCUT2D eigenvalue weighted by Gasteiger charge is 2.22. The van der Waals surface area contributed by atoms with E-state index in [1.54, 1.807) is 0 Å². The van der Waals surface area contributed by atoms with Crippen LogP contribution in [0, 0.1) is 0 Å². The predicted molar refractivity (Wildman–Crippen MR) is 216 cm³/mol. The van der Waals surface area contributed by atoms with Crippen LogP contribution in [0.3, 0.4) is 0 Å². The Kier molecular flexibility index (Phi) is 6.60. The van der Waals surface area contributed by atoms with Crippen molar-refractivity contribution in [3.05, 3.63) is 194 Å². The lowest BCUT2D eigenvalue weighted by Crippen LogP contribution is -1.95. The van der Waals surface area contributed by atoms with E-state index in [0.717, 1.165) is 0 Å². The summed E-state index contributed by atoms with van der Waals surface area (Å²) in [5.74, 6) is 0. The molecular formula is C50H32. The molecule has 10 aromatic carbocycles. The van der Waals surface area contributed by atoms with Gasteiger partial charge in [0.1, 0.15) is 0 Å². The molecule has 0 N–H and O–H groups in total. The summed E-state index contributed by atoms with van der Waals surface area (Å²) >= 11 is 0. The van der Waals surface area contributed by atoms with Crippen LogP contribution in [0.1, 0.15) is 0 Å². The molecule has 0 fully saturated rings. The van der Waals surface area contributed by atoms with E-state index in [1.807, 2.05) is 0 Å². The second-order valence-electron chi connectivity index (χ2n) is 13.2. The first-order valence-electron chi connectivity index (χ1n) is 17.4. The highest BCUT2D eigenvalue weighted by molar-refractivity contribution is 6.27. The molecule has 0 saturated heterocycles. The Hall–Kier alpha value is -6.50. The van der Waals surface area contributed by atoms with Gasteiger partial charge in [0.05, 0.1) is 0 Å². The van der Waals surface area contributed by atoms with Gasteiger partial charge >= 0.3 is 0 Å². The Morgan fingerprint density at radius 1 is 0.220 bits per heavy atom. The van der Waals surface area contributed by atoms with Gasteiger partial charge in [-0.25, -0.2) is 0 Å². The van der Waals surface area contributed by atoms with Crippen molar-refractivity contribution in [1.29, 1.82) is 0 Å². The van der Waals surface area contributed by atoms with Crippen LogP contribution in [-0.4, -0.2) is 0 Å². The van der Waals surface area contributed by atoms with E-state index in [9.17, 15) is 0 Å². The maximum atomic E-state index is 2.34. The third-order valence-corrected chi connectivity index (χ3v) is 10.4. The van der Waals surface area contributed by atoms with Crippen molar-refractivity contribution in [2.24, 2.45) is 0 Å². The Morgan fingerprint density at radius 3 is 1.42 bits per heavy atom. The Labute approximate surface area is 291 Å². The molecular weight excluding hydrogens is 601 g/mol. The number of fused-ring (bicyclic) bond motifs is 5. The van der Waals surface area contributed by atoms with Crippen molar-refractivity contribution in [3.63, 3.8) is 0 Å². The maximum absolute atomic E-state index is 2.34. The number of benzene rings is 10. The molecule has 0 bridgehead atoms. The quantitative estimate of drug-likeness (QED) is 0.169. The third kappa shape index (κ3) is 4.46. The molecule has 0 aliphatic carbocycles. The Morgan fingerprint density at radius 2 is 0.680 bits per heavy atom. The molecule has 232 valence electrons. The van der Waals surface area contributed by atoms with Gasteiger partial charge in [0.15, 0.2) is 0 Å². The number of hydrogen-bond donors (Lipinski definition) is 0. The van der Waals surface area contributed by atoms with E-state index >= 15 is 0 Å². The van der Waals surface area contributed by atoms with E-state index < -0.39 is 0 Å². The standard InChI is InChI=1S/C50H32/c1-2-17-36-32-37(31-30-33(36)14-1)40-22-7-8-23-43(40)49-46-25-10-9-24-45(46)48(42-27-12-19-35-16-4-6-21-39(35)42)47-29-13-28-44(50(47)49)41-26-11-18-34-15-3-5-20-38(34)41/h1-32H. The van der Waals surface area contributed by atoms with Gasteiger partial charge in [0.25, 0.3) is 0 Å². The molecule has 0 aliphatic heterocycles. The summed E-state index contributed by atoms with van der Waals surface area (Å²) in [5.41, 5.74) is 9.99. The van der Waals surface area contributed by atoms with Crippen LogP contribution in [0.5, 0.6) is 0 Å². The first-order valence-corrected chi connectivity index (χ1v) is 17.4. The Balaban J connectivity index is 1.40. The lowest BCUT2D eigenvalue weighted by atomic mass is 9.80. The molecule has 0 aromatic heterocycles. The van der Waals surface area contributed by atoms with Crippen LogP contribution in [0.25, 0.3) is 98.4 Å². The zero-order valence-electron chi connectivity index (χ0n) is 27.5.